The zero-order valence-corrected chi connectivity index (χ0v) is 11.3. The maximum atomic E-state index is 5.51. The van der Waals surface area contributed by atoms with Gasteiger partial charge in [0, 0.05) is 17.8 Å². The van der Waals surface area contributed by atoms with Gasteiger partial charge in [0.1, 0.15) is 5.75 Å². The largest absolute Gasteiger partial charge is 0.494 e. The molecule has 0 aliphatic heterocycles. The van der Waals surface area contributed by atoms with Gasteiger partial charge in [-0.2, -0.15) is 0 Å². The highest BCUT2D eigenvalue weighted by Crippen LogP contribution is 2.20. The molecule has 0 saturated carbocycles. The maximum Gasteiger partial charge on any atom is 0.121 e. The molecule has 0 aliphatic carbocycles. The Morgan fingerprint density at radius 3 is 2.41 bits per heavy atom. The number of benzene rings is 1. The van der Waals surface area contributed by atoms with Crippen LogP contribution in [0.1, 0.15) is 46.5 Å². The number of hydrogen-bond donors (Lipinski definition) is 1. The van der Waals surface area contributed by atoms with Gasteiger partial charge in [-0.25, -0.2) is 0 Å². The topological polar surface area (TPSA) is 21.3 Å². The zero-order chi connectivity index (χ0) is 12.5. The number of hydrogen-bond acceptors (Lipinski definition) is 2. The Morgan fingerprint density at radius 1 is 1.12 bits per heavy atom. The van der Waals surface area contributed by atoms with Crippen LogP contribution in [0.4, 0.5) is 5.69 Å². The fraction of sp³-hybridized carbons (Fsp3) is 0.600. The molecule has 0 spiro atoms. The summed E-state index contributed by atoms with van der Waals surface area (Å²) >= 11 is 0. The normalized spacial score (nSPS) is 10.6. The molecule has 0 saturated heterocycles. The Kier molecular flexibility index (Phi) is 6.53. The lowest BCUT2D eigenvalue weighted by atomic mass is 10.1. The van der Waals surface area contributed by atoms with Crippen LogP contribution in [-0.2, 0) is 0 Å². The standard InChI is InChI=1S/C15H25NO/c1-4-8-13(9-5-2)16-14-10-7-11-15(12-14)17-6-3/h7,10-13,16H,4-6,8-9H2,1-3H3. The van der Waals surface area contributed by atoms with Gasteiger partial charge in [-0.3, -0.25) is 0 Å². The van der Waals surface area contributed by atoms with E-state index in [0.29, 0.717) is 6.04 Å². The number of nitrogens with one attached hydrogen (secondary N) is 1. The molecule has 0 amide bonds. The third kappa shape index (κ3) is 5.12. The van der Waals surface area contributed by atoms with Crippen molar-refractivity contribution < 1.29 is 4.74 Å². The third-order valence-electron chi connectivity index (χ3n) is 2.79. The van der Waals surface area contributed by atoms with Crippen LogP contribution < -0.4 is 10.1 Å². The van der Waals surface area contributed by atoms with Gasteiger partial charge in [-0.1, -0.05) is 32.8 Å². The van der Waals surface area contributed by atoms with Gasteiger partial charge < -0.3 is 10.1 Å². The number of ether oxygens (including phenoxy) is 1. The number of rotatable bonds is 8. The lowest BCUT2D eigenvalue weighted by Gasteiger charge is -2.19. The minimum atomic E-state index is 0.585. The first kappa shape index (κ1) is 13.9. The van der Waals surface area contributed by atoms with Crippen LogP contribution in [0.15, 0.2) is 24.3 Å². The van der Waals surface area contributed by atoms with Crippen LogP contribution in [-0.4, -0.2) is 12.6 Å². The van der Waals surface area contributed by atoms with Gasteiger partial charge in [0.2, 0.25) is 0 Å². The first-order chi connectivity index (χ1) is 8.30. The smallest absolute Gasteiger partial charge is 0.121 e. The SMILES string of the molecule is CCCC(CCC)Nc1cccc(OCC)c1. The van der Waals surface area contributed by atoms with E-state index in [1.165, 1.54) is 31.4 Å². The van der Waals surface area contributed by atoms with Crippen LogP contribution in [0.2, 0.25) is 0 Å². The summed E-state index contributed by atoms with van der Waals surface area (Å²) in [4.78, 5) is 0. The summed E-state index contributed by atoms with van der Waals surface area (Å²) in [5.41, 5.74) is 1.17. The van der Waals surface area contributed by atoms with E-state index >= 15 is 0 Å². The molecule has 0 bridgehead atoms. The molecule has 1 N–H and O–H groups in total. The maximum absolute atomic E-state index is 5.51. The Bertz CT molecular complexity index is 306. The Balaban J connectivity index is 2.60. The molecular formula is C15H25NO. The second-order valence-corrected chi connectivity index (χ2v) is 4.38. The number of anilines is 1. The Hall–Kier alpha value is -1.18. The van der Waals surface area contributed by atoms with E-state index < -0.39 is 0 Å². The van der Waals surface area contributed by atoms with Crippen LogP contribution in [0.3, 0.4) is 0 Å². The Labute approximate surface area is 105 Å². The first-order valence-corrected chi connectivity index (χ1v) is 6.79. The van der Waals surface area contributed by atoms with E-state index in [0.717, 1.165) is 12.4 Å². The Morgan fingerprint density at radius 2 is 1.82 bits per heavy atom. The van der Waals surface area contributed by atoms with Crippen molar-refractivity contribution in [1.29, 1.82) is 0 Å². The minimum Gasteiger partial charge on any atom is -0.494 e. The van der Waals surface area contributed by atoms with Gasteiger partial charge in [0.15, 0.2) is 0 Å². The summed E-state index contributed by atoms with van der Waals surface area (Å²) in [6, 6.07) is 8.83. The second kappa shape index (κ2) is 7.99. The van der Waals surface area contributed by atoms with Gasteiger partial charge in [0.25, 0.3) is 0 Å². The van der Waals surface area contributed by atoms with E-state index in [1.807, 2.05) is 19.1 Å². The van der Waals surface area contributed by atoms with Crippen molar-refractivity contribution in [2.24, 2.45) is 0 Å². The monoisotopic (exact) mass is 235 g/mol. The van der Waals surface area contributed by atoms with Crippen LogP contribution >= 0.6 is 0 Å². The van der Waals surface area contributed by atoms with E-state index in [4.69, 9.17) is 4.74 Å². The van der Waals surface area contributed by atoms with Crippen molar-refractivity contribution in [1.82, 2.24) is 0 Å². The van der Waals surface area contributed by atoms with Gasteiger partial charge in [-0.15, -0.1) is 0 Å². The molecule has 2 nitrogen and oxygen atoms in total. The van der Waals surface area contributed by atoms with Crippen molar-refractivity contribution in [3.05, 3.63) is 24.3 Å². The highest BCUT2D eigenvalue weighted by atomic mass is 16.5. The molecule has 0 unspecified atom stereocenters. The summed E-state index contributed by atoms with van der Waals surface area (Å²) < 4.78 is 5.51. The van der Waals surface area contributed by atoms with Gasteiger partial charge in [0.05, 0.1) is 6.61 Å². The van der Waals surface area contributed by atoms with Crippen molar-refractivity contribution in [3.8, 4) is 5.75 Å². The lowest BCUT2D eigenvalue weighted by Crippen LogP contribution is -2.18. The van der Waals surface area contributed by atoms with Crippen LogP contribution in [0.5, 0.6) is 5.75 Å². The first-order valence-electron chi connectivity index (χ1n) is 6.79. The molecule has 2 heteroatoms. The van der Waals surface area contributed by atoms with Crippen molar-refractivity contribution in [3.63, 3.8) is 0 Å². The van der Waals surface area contributed by atoms with E-state index in [9.17, 15) is 0 Å². The fourth-order valence-corrected chi connectivity index (χ4v) is 2.06. The highest BCUT2D eigenvalue weighted by Gasteiger charge is 2.06. The molecule has 0 radical (unpaired) electrons. The average molecular weight is 235 g/mol. The molecule has 1 aromatic rings. The van der Waals surface area contributed by atoms with Crippen LogP contribution in [0, 0.1) is 0 Å². The zero-order valence-electron chi connectivity index (χ0n) is 11.3. The molecule has 0 atom stereocenters. The summed E-state index contributed by atoms with van der Waals surface area (Å²) in [6.45, 7) is 7.20. The quantitative estimate of drug-likeness (QED) is 0.718. The average Bonchev–Trinajstić information content (AvgIpc) is 2.30. The summed E-state index contributed by atoms with van der Waals surface area (Å²) in [5, 5.41) is 3.60. The second-order valence-electron chi connectivity index (χ2n) is 4.38. The molecule has 1 rings (SSSR count). The fourth-order valence-electron chi connectivity index (χ4n) is 2.06. The molecule has 0 aromatic heterocycles. The predicted octanol–water partition coefficient (Wildman–Crippen LogP) is 4.47. The van der Waals surface area contributed by atoms with E-state index in [2.05, 4.69) is 31.3 Å². The molecule has 0 aliphatic rings. The molecule has 0 fully saturated rings. The molecule has 0 heterocycles. The highest BCUT2D eigenvalue weighted by molar-refractivity contribution is 5.48. The molecule has 17 heavy (non-hydrogen) atoms. The molecule has 96 valence electrons. The minimum absolute atomic E-state index is 0.585. The van der Waals surface area contributed by atoms with Crippen LogP contribution in [0.25, 0.3) is 0 Å². The third-order valence-corrected chi connectivity index (χ3v) is 2.79. The van der Waals surface area contributed by atoms with Crippen molar-refractivity contribution in [2.45, 2.75) is 52.5 Å². The van der Waals surface area contributed by atoms with E-state index in [-0.39, 0.29) is 0 Å². The summed E-state index contributed by atoms with van der Waals surface area (Å²) in [5.74, 6) is 0.948. The predicted molar refractivity (Wildman–Crippen MR) is 74.8 cm³/mol. The lowest BCUT2D eigenvalue weighted by molar-refractivity contribution is 0.340. The summed E-state index contributed by atoms with van der Waals surface area (Å²) in [7, 11) is 0. The molecule has 1 aromatic carbocycles. The molecular weight excluding hydrogens is 210 g/mol. The van der Waals surface area contributed by atoms with Gasteiger partial charge >= 0.3 is 0 Å². The van der Waals surface area contributed by atoms with Gasteiger partial charge in [-0.05, 0) is 31.9 Å². The van der Waals surface area contributed by atoms with Crippen molar-refractivity contribution >= 4 is 5.69 Å². The van der Waals surface area contributed by atoms with E-state index in [1.54, 1.807) is 0 Å². The summed E-state index contributed by atoms with van der Waals surface area (Å²) in [6.07, 6.45) is 4.91. The van der Waals surface area contributed by atoms with Crippen molar-refractivity contribution in [2.75, 3.05) is 11.9 Å².